The molecule has 0 atom stereocenters. The van der Waals surface area contributed by atoms with Crippen LogP contribution >= 0.6 is 11.3 Å². The zero-order valence-corrected chi connectivity index (χ0v) is 10.7. The number of aromatic amines is 1. The molecule has 0 saturated heterocycles. The summed E-state index contributed by atoms with van der Waals surface area (Å²) in [5, 5.41) is 13.1. The lowest BCUT2D eigenvalue weighted by atomic mass is 10.2. The Kier molecular flexibility index (Phi) is 2.88. The minimum absolute atomic E-state index is 0.121. The second-order valence-corrected chi connectivity index (χ2v) is 4.86. The lowest BCUT2D eigenvalue weighted by Crippen LogP contribution is -2.11. The maximum absolute atomic E-state index is 12.0. The topological polar surface area (TPSA) is 114 Å². The van der Waals surface area contributed by atoms with Crippen LogP contribution in [0.15, 0.2) is 30.7 Å². The molecule has 20 heavy (non-hydrogen) atoms. The fraction of sp³-hybridized carbons (Fsp3) is 0. The molecule has 9 heteroatoms. The van der Waals surface area contributed by atoms with Crippen molar-refractivity contribution in [3.63, 3.8) is 0 Å². The fourth-order valence-corrected chi connectivity index (χ4v) is 2.28. The average molecular weight is 289 g/mol. The Morgan fingerprint density at radius 3 is 3.00 bits per heavy atom. The number of hydrogen-bond donors (Lipinski definition) is 2. The fourth-order valence-electron chi connectivity index (χ4n) is 1.65. The molecule has 1 amide bonds. The van der Waals surface area contributed by atoms with Gasteiger partial charge in [-0.3, -0.25) is 20.2 Å². The van der Waals surface area contributed by atoms with E-state index in [-0.39, 0.29) is 16.0 Å². The molecule has 0 saturated carbocycles. The van der Waals surface area contributed by atoms with Crippen LogP contribution in [0.3, 0.4) is 0 Å². The van der Waals surface area contributed by atoms with E-state index in [2.05, 4.69) is 20.3 Å². The molecule has 0 fully saturated rings. The van der Waals surface area contributed by atoms with E-state index in [1.54, 1.807) is 18.2 Å². The summed E-state index contributed by atoms with van der Waals surface area (Å²) in [7, 11) is 0. The van der Waals surface area contributed by atoms with E-state index in [9.17, 15) is 14.9 Å². The molecule has 0 aliphatic heterocycles. The number of carbonyl (C=O) groups excluding carboxylic acids is 1. The van der Waals surface area contributed by atoms with Gasteiger partial charge >= 0.3 is 5.00 Å². The first-order valence-electron chi connectivity index (χ1n) is 5.48. The van der Waals surface area contributed by atoms with Crippen LogP contribution in [0.2, 0.25) is 0 Å². The van der Waals surface area contributed by atoms with Crippen LogP contribution in [-0.4, -0.2) is 25.8 Å². The molecule has 2 aromatic heterocycles. The van der Waals surface area contributed by atoms with Gasteiger partial charge in [0.1, 0.15) is 6.20 Å². The minimum Gasteiger partial charge on any atom is -0.345 e. The summed E-state index contributed by atoms with van der Waals surface area (Å²) in [6, 6.07) is 4.99. The Hall–Kier alpha value is -2.81. The van der Waals surface area contributed by atoms with Crippen LogP contribution in [-0.2, 0) is 0 Å². The monoisotopic (exact) mass is 289 g/mol. The van der Waals surface area contributed by atoms with Crippen molar-refractivity contribution in [3.05, 3.63) is 46.4 Å². The quantitative estimate of drug-likeness (QED) is 0.566. The van der Waals surface area contributed by atoms with E-state index in [0.29, 0.717) is 5.56 Å². The van der Waals surface area contributed by atoms with Crippen molar-refractivity contribution in [2.24, 2.45) is 0 Å². The maximum Gasteiger partial charge on any atom is 0.345 e. The molecule has 0 aliphatic rings. The number of imidazole rings is 1. The number of hydrogen-bond acceptors (Lipinski definition) is 6. The number of nitro groups is 1. The third-order valence-corrected chi connectivity index (χ3v) is 3.44. The Bertz CT molecular complexity index is 809. The first-order chi connectivity index (χ1) is 9.63. The Morgan fingerprint density at radius 2 is 2.25 bits per heavy atom. The van der Waals surface area contributed by atoms with Crippen LogP contribution in [0, 0.1) is 10.1 Å². The summed E-state index contributed by atoms with van der Waals surface area (Å²) < 4.78 is 0. The van der Waals surface area contributed by atoms with E-state index in [1.165, 1.54) is 6.33 Å². The number of carbonyl (C=O) groups is 1. The van der Waals surface area contributed by atoms with Gasteiger partial charge in [0.25, 0.3) is 5.91 Å². The molecule has 100 valence electrons. The van der Waals surface area contributed by atoms with Gasteiger partial charge in [-0.15, -0.1) is 0 Å². The maximum atomic E-state index is 12.0. The van der Waals surface area contributed by atoms with Crippen molar-refractivity contribution in [1.29, 1.82) is 0 Å². The molecule has 8 nitrogen and oxygen atoms in total. The van der Waals surface area contributed by atoms with Crippen molar-refractivity contribution in [1.82, 2.24) is 15.0 Å². The van der Waals surface area contributed by atoms with Gasteiger partial charge in [0.15, 0.2) is 5.13 Å². The second-order valence-electron chi connectivity index (χ2n) is 3.85. The highest BCUT2D eigenvalue weighted by molar-refractivity contribution is 7.18. The van der Waals surface area contributed by atoms with Crippen molar-refractivity contribution in [3.8, 4) is 0 Å². The smallest absolute Gasteiger partial charge is 0.345 e. The van der Waals surface area contributed by atoms with Crippen LogP contribution in [0.5, 0.6) is 0 Å². The molecule has 2 N–H and O–H groups in total. The number of benzene rings is 1. The molecular formula is C11H7N5O3S. The molecule has 2 heterocycles. The summed E-state index contributed by atoms with van der Waals surface area (Å²) in [6.07, 6.45) is 2.65. The largest absolute Gasteiger partial charge is 0.345 e. The summed E-state index contributed by atoms with van der Waals surface area (Å²) in [6.45, 7) is 0. The molecular weight excluding hydrogens is 282 g/mol. The van der Waals surface area contributed by atoms with Gasteiger partial charge in [-0.2, -0.15) is 0 Å². The van der Waals surface area contributed by atoms with Crippen molar-refractivity contribution in [2.75, 3.05) is 5.32 Å². The molecule has 1 aromatic carbocycles. The highest BCUT2D eigenvalue weighted by Crippen LogP contribution is 2.25. The molecule has 0 bridgehead atoms. The van der Waals surface area contributed by atoms with E-state index in [4.69, 9.17) is 0 Å². The van der Waals surface area contributed by atoms with Gasteiger partial charge in [-0.05, 0) is 29.5 Å². The average Bonchev–Trinajstić information content (AvgIpc) is 3.05. The van der Waals surface area contributed by atoms with Crippen molar-refractivity contribution >= 4 is 38.4 Å². The lowest BCUT2D eigenvalue weighted by molar-refractivity contribution is -0.380. The van der Waals surface area contributed by atoms with Gasteiger partial charge in [-0.1, -0.05) is 0 Å². The Morgan fingerprint density at radius 1 is 1.40 bits per heavy atom. The zero-order chi connectivity index (χ0) is 14.1. The molecule has 0 aliphatic carbocycles. The predicted octanol–water partition coefficient (Wildman–Crippen LogP) is 2.18. The lowest BCUT2D eigenvalue weighted by Gasteiger charge is -2.01. The number of fused-ring (bicyclic) bond motifs is 1. The van der Waals surface area contributed by atoms with Crippen LogP contribution in [0.4, 0.5) is 10.1 Å². The number of thiazole rings is 1. The summed E-state index contributed by atoms with van der Waals surface area (Å²) >= 11 is 0.807. The highest BCUT2D eigenvalue weighted by atomic mass is 32.1. The van der Waals surface area contributed by atoms with Crippen LogP contribution in [0.1, 0.15) is 10.4 Å². The first-order valence-corrected chi connectivity index (χ1v) is 6.30. The molecule has 3 aromatic rings. The number of nitrogens with one attached hydrogen (secondary N) is 2. The van der Waals surface area contributed by atoms with Gasteiger partial charge in [0.05, 0.1) is 22.3 Å². The van der Waals surface area contributed by atoms with Crippen LogP contribution in [0.25, 0.3) is 11.0 Å². The number of H-pyrrole nitrogens is 1. The summed E-state index contributed by atoms with van der Waals surface area (Å²) in [5.74, 6) is -0.384. The number of aromatic nitrogens is 3. The normalized spacial score (nSPS) is 10.6. The third kappa shape index (κ3) is 2.21. The first kappa shape index (κ1) is 12.2. The molecule has 3 rings (SSSR count). The minimum atomic E-state index is -0.552. The standard InChI is InChI=1S/C11H7N5O3S/c17-10(15-11-12-4-9(20-11)16(18)19)6-1-2-7-8(3-6)14-5-13-7/h1-5H,(H,13,14)(H,12,15,17). The number of anilines is 1. The third-order valence-electron chi connectivity index (χ3n) is 2.58. The molecule has 0 unspecified atom stereocenters. The van der Waals surface area contributed by atoms with Crippen molar-refractivity contribution in [2.45, 2.75) is 0 Å². The van der Waals surface area contributed by atoms with Gasteiger partial charge < -0.3 is 4.98 Å². The van der Waals surface area contributed by atoms with Crippen LogP contribution < -0.4 is 5.32 Å². The van der Waals surface area contributed by atoms with E-state index in [0.717, 1.165) is 28.6 Å². The number of rotatable bonds is 3. The second kappa shape index (κ2) is 4.70. The predicted molar refractivity (Wildman–Crippen MR) is 72.8 cm³/mol. The van der Waals surface area contributed by atoms with Gasteiger partial charge in [-0.25, -0.2) is 9.97 Å². The van der Waals surface area contributed by atoms with Gasteiger partial charge in [0.2, 0.25) is 0 Å². The van der Waals surface area contributed by atoms with E-state index >= 15 is 0 Å². The highest BCUT2D eigenvalue weighted by Gasteiger charge is 2.14. The SMILES string of the molecule is O=C(Nc1ncc([N+](=O)[O-])s1)c1ccc2nc[nH]c2c1. The van der Waals surface area contributed by atoms with Crippen molar-refractivity contribution < 1.29 is 9.72 Å². The summed E-state index contributed by atoms with van der Waals surface area (Å²) in [5.41, 5.74) is 1.91. The Balaban J connectivity index is 1.82. The molecule has 0 spiro atoms. The Labute approximate surface area is 115 Å². The zero-order valence-electron chi connectivity index (χ0n) is 9.86. The number of amides is 1. The summed E-state index contributed by atoms with van der Waals surface area (Å²) in [4.78, 5) is 32.7. The number of nitrogens with zero attached hydrogens (tertiary/aromatic N) is 3. The van der Waals surface area contributed by atoms with E-state index in [1.807, 2.05) is 0 Å². The molecule has 0 radical (unpaired) electrons. The van der Waals surface area contributed by atoms with Gasteiger partial charge in [0, 0.05) is 5.56 Å². The van der Waals surface area contributed by atoms with E-state index < -0.39 is 4.92 Å².